The van der Waals surface area contributed by atoms with Crippen LogP contribution in [0.4, 0.5) is 5.69 Å². The molecule has 0 spiro atoms. The Morgan fingerprint density at radius 3 is 2.74 bits per heavy atom. The number of aromatic nitrogens is 1. The molecule has 3 rings (SSSR count). The predicted molar refractivity (Wildman–Crippen MR) is 69.4 cm³/mol. The number of ether oxygens (including phenoxy) is 1. The summed E-state index contributed by atoms with van der Waals surface area (Å²) in [6.45, 7) is -0.0163. The molecule has 0 bridgehead atoms. The van der Waals surface area contributed by atoms with Gasteiger partial charge in [0.2, 0.25) is 0 Å². The van der Waals surface area contributed by atoms with Crippen molar-refractivity contribution in [2.24, 2.45) is 0 Å². The van der Waals surface area contributed by atoms with Crippen LogP contribution in [0, 0.1) is 0 Å². The molecular weight excluding hydrogens is 248 g/mol. The lowest BCUT2D eigenvalue weighted by molar-refractivity contribution is -0.209. The SMILES string of the molecule is Nc1ccc2c(ccn2[C@@H]2OC[C@H](O)[C@H](O)[C@H]2O)c1. The Hall–Kier alpha value is -1.60. The highest BCUT2D eigenvalue weighted by molar-refractivity contribution is 5.83. The first kappa shape index (κ1) is 12.4. The van der Waals surface area contributed by atoms with Crippen molar-refractivity contribution >= 4 is 16.6 Å². The third kappa shape index (κ3) is 1.98. The largest absolute Gasteiger partial charge is 0.399 e. The maximum atomic E-state index is 10.0. The van der Waals surface area contributed by atoms with Crippen LogP contribution >= 0.6 is 0 Å². The van der Waals surface area contributed by atoms with Crippen LogP contribution in [-0.2, 0) is 4.74 Å². The zero-order chi connectivity index (χ0) is 13.6. The average Bonchev–Trinajstić information content (AvgIpc) is 2.79. The third-order valence-electron chi connectivity index (χ3n) is 3.49. The highest BCUT2D eigenvalue weighted by Gasteiger charge is 2.38. The number of nitrogens with zero attached hydrogens (tertiary/aromatic N) is 1. The molecule has 1 aromatic heterocycles. The van der Waals surface area contributed by atoms with Crippen LogP contribution in [0.1, 0.15) is 6.23 Å². The fraction of sp³-hybridized carbons (Fsp3) is 0.385. The van der Waals surface area contributed by atoms with Gasteiger partial charge in [-0.1, -0.05) is 0 Å². The lowest BCUT2D eigenvalue weighted by Crippen LogP contribution is -2.50. The topological polar surface area (TPSA) is 101 Å². The molecule has 0 saturated carbocycles. The van der Waals surface area contributed by atoms with Gasteiger partial charge in [-0.2, -0.15) is 0 Å². The quantitative estimate of drug-likeness (QED) is 0.536. The Bertz CT molecular complexity index is 597. The molecule has 1 aliphatic rings. The summed E-state index contributed by atoms with van der Waals surface area (Å²) < 4.78 is 7.16. The molecule has 0 radical (unpaired) electrons. The van der Waals surface area contributed by atoms with Crippen LogP contribution < -0.4 is 5.73 Å². The summed E-state index contributed by atoms with van der Waals surface area (Å²) in [7, 11) is 0. The molecule has 5 N–H and O–H groups in total. The number of rotatable bonds is 1. The minimum absolute atomic E-state index is 0.0163. The molecule has 1 aliphatic heterocycles. The number of aliphatic hydroxyl groups excluding tert-OH is 3. The van der Waals surface area contributed by atoms with Crippen LogP contribution in [0.3, 0.4) is 0 Å². The van der Waals surface area contributed by atoms with Gasteiger partial charge < -0.3 is 30.4 Å². The molecule has 4 atom stereocenters. The van der Waals surface area contributed by atoms with E-state index in [1.165, 1.54) is 0 Å². The van der Waals surface area contributed by atoms with Gasteiger partial charge in [-0.05, 0) is 24.3 Å². The number of nitrogens with two attached hydrogens (primary N) is 1. The summed E-state index contributed by atoms with van der Waals surface area (Å²) in [5.41, 5.74) is 7.22. The first-order chi connectivity index (χ1) is 9.08. The lowest BCUT2D eigenvalue weighted by Gasteiger charge is -2.36. The minimum Gasteiger partial charge on any atom is -0.399 e. The number of hydrogen-bond donors (Lipinski definition) is 4. The van der Waals surface area contributed by atoms with E-state index in [0.29, 0.717) is 5.69 Å². The maximum absolute atomic E-state index is 10.0. The van der Waals surface area contributed by atoms with Gasteiger partial charge in [0, 0.05) is 17.3 Å². The Morgan fingerprint density at radius 2 is 1.95 bits per heavy atom. The molecular formula is C13H16N2O4. The summed E-state index contributed by atoms with van der Waals surface area (Å²) in [5, 5.41) is 30.1. The maximum Gasteiger partial charge on any atom is 0.162 e. The molecule has 0 aliphatic carbocycles. The molecule has 0 amide bonds. The molecule has 2 heterocycles. The summed E-state index contributed by atoms with van der Waals surface area (Å²) in [6, 6.07) is 7.28. The van der Waals surface area contributed by atoms with Crippen LogP contribution in [0.25, 0.3) is 10.9 Å². The van der Waals surface area contributed by atoms with Gasteiger partial charge >= 0.3 is 0 Å². The third-order valence-corrected chi connectivity index (χ3v) is 3.49. The average molecular weight is 264 g/mol. The highest BCUT2D eigenvalue weighted by atomic mass is 16.5. The van der Waals surface area contributed by atoms with Crippen LogP contribution in [0.15, 0.2) is 30.5 Å². The monoisotopic (exact) mass is 264 g/mol. The molecule has 1 saturated heterocycles. The van der Waals surface area contributed by atoms with Crippen molar-refractivity contribution in [3.63, 3.8) is 0 Å². The Labute approximate surface area is 109 Å². The smallest absolute Gasteiger partial charge is 0.162 e. The van der Waals surface area contributed by atoms with E-state index >= 15 is 0 Å². The molecule has 6 nitrogen and oxygen atoms in total. The predicted octanol–water partition coefficient (Wildman–Crippen LogP) is -0.165. The van der Waals surface area contributed by atoms with Gasteiger partial charge in [0.15, 0.2) is 6.23 Å². The molecule has 0 unspecified atom stereocenters. The molecule has 6 heteroatoms. The van der Waals surface area contributed by atoms with Gasteiger partial charge in [-0.15, -0.1) is 0 Å². The number of fused-ring (bicyclic) bond motifs is 1. The first-order valence-corrected chi connectivity index (χ1v) is 6.10. The summed E-state index contributed by atoms with van der Waals surface area (Å²) >= 11 is 0. The molecule has 2 aromatic rings. The Kier molecular flexibility index (Phi) is 2.94. The zero-order valence-electron chi connectivity index (χ0n) is 10.2. The highest BCUT2D eigenvalue weighted by Crippen LogP contribution is 2.29. The lowest BCUT2D eigenvalue weighted by atomic mass is 10.0. The second kappa shape index (κ2) is 4.50. The second-order valence-electron chi connectivity index (χ2n) is 4.81. The van der Waals surface area contributed by atoms with E-state index in [0.717, 1.165) is 10.9 Å². The molecule has 1 fully saturated rings. The molecule has 1 aromatic carbocycles. The normalized spacial score (nSPS) is 31.7. The van der Waals surface area contributed by atoms with Gasteiger partial charge in [-0.3, -0.25) is 0 Å². The second-order valence-corrected chi connectivity index (χ2v) is 4.81. The van der Waals surface area contributed by atoms with E-state index < -0.39 is 24.5 Å². The summed E-state index contributed by atoms with van der Waals surface area (Å²) in [4.78, 5) is 0. The molecule has 102 valence electrons. The van der Waals surface area contributed by atoms with Crippen molar-refractivity contribution < 1.29 is 20.1 Å². The zero-order valence-corrected chi connectivity index (χ0v) is 10.2. The van der Waals surface area contributed by atoms with E-state index in [2.05, 4.69) is 0 Å². The minimum atomic E-state index is -1.22. The standard InChI is InChI=1S/C13H16N2O4/c14-8-1-2-9-7(5-8)3-4-15(9)13-12(18)11(17)10(16)6-19-13/h1-5,10-13,16-18H,6,14H2/t10-,11-,12+,13+/m0/s1. The number of aliphatic hydroxyl groups is 3. The Balaban J connectivity index is 2.00. The van der Waals surface area contributed by atoms with Crippen molar-refractivity contribution in [1.29, 1.82) is 0 Å². The Morgan fingerprint density at radius 1 is 1.16 bits per heavy atom. The van der Waals surface area contributed by atoms with Gasteiger partial charge in [0.25, 0.3) is 0 Å². The van der Waals surface area contributed by atoms with Crippen LogP contribution in [-0.4, -0.2) is 44.8 Å². The number of anilines is 1. The van der Waals surface area contributed by atoms with Crippen molar-refractivity contribution in [2.75, 3.05) is 12.3 Å². The number of benzene rings is 1. The van der Waals surface area contributed by atoms with Crippen molar-refractivity contribution in [3.8, 4) is 0 Å². The number of nitrogen functional groups attached to an aromatic ring is 1. The van der Waals surface area contributed by atoms with Crippen molar-refractivity contribution in [1.82, 2.24) is 4.57 Å². The summed E-state index contributed by atoms with van der Waals surface area (Å²) in [6.07, 6.45) is -2.42. The molecule has 19 heavy (non-hydrogen) atoms. The van der Waals surface area contributed by atoms with E-state index in [1.807, 2.05) is 18.2 Å². The number of hydrogen-bond acceptors (Lipinski definition) is 5. The fourth-order valence-corrected chi connectivity index (χ4v) is 2.44. The van der Waals surface area contributed by atoms with Crippen molar-refractivity contribution in [3.05, 3.63) is 30.5 Å². The van der Waals surface area contributed by atoms with E-state index in [4.69, 9.17) is 10.5 Å². The first-order valence-electron chi connectivity index (χ1n) is 6.10. The van der Waals surface area contributed by atoms with E-state index in [9.17, 15) is 15.3 Å². The fourth-order valence-electron chi connectivity index (χ4n) is 2.44. The van der Waals surface area contributed by atoms with Crippen molar-refractivity contribution in [2.45, 2.75) is 24.5 Å². The van der Waals surface area contributed by atoms with Gasteiger partial charge in [0.1, 0.15) is 18.3 Å². The van der Waals surface area contributed by atoms with Gasteiger partial charge in [-0.25, -0.2) is 0 Å². The van der Waals surface area contributed by atoms with E-state index in [1.54, 1.807) is 16.8 Å². The van der Waals surface area contributed by atoms with Crippen LogP contribution in [0.2, 0.25) is 0 Å². The van der Waals surface area contributed by atoms with Crippen LogP contribution in [0.5, 0.6) is 0 Å². The van der Waals surface area contributed by atoms with Gasteiger partial charge in [0.05, 0.1) is 12.1 Å². The summed E-state index contributed by atoms with van der Waals surface area (Å²) in [5.74, 6) is 0. The van der Waals surface area contributed by atoms with E-state index in [-0.39, 0.29) is 6.61 Å².